The van der Waals surface area contributed by atoms with Gasteiger partial charge in [-0.2, -0.15) is 8.42 Å². The minimum Gasteiger partial charge on any atom is -0.494 e. The average Bonchev–Trinajstić information content (AvgIpc) is 2.16. The van der Waals surface area contributed by atoms with Crippen molar-refractivity contribution in [2.75, 3.05) is 20.0 Å². The maximum atomic E-state index is 10.9. The molecule has 7 heteroatoms. The lowest BCUT2D eigenvalue weighted by Gasteiger charge is -2.10. The summed E-state index contributed by atoms with van der Waals surface area (Å²) < 4.78 is 40.3. The number of anilines is 1. The Morgan fingerprint density at radius 3 is 1.87 bits per heavy atom. The highest BCUT2D eigenvalue weighted by molar-refractivity contribution is 7.85. The van der Waals surface area contributed by atoms with E-state index in [1.165, 1.54) is 14.2 Å². The minimum atomic E-state index is -4.30. The Labute approximate surface area is 87.4 Å². The third kappa shape index (κ3) is 2.31. The van der Waals surface area contributed by atoms with Crippen LogP contribution in [-0.4, -0.2) is 27.2 Å². The Balaban J connectivity index is 3.47. The van der Waals surface area contributed by atoms with E-state index in [4.69, 9.17) is 19.8 Å². The zero-order valence-corrected chi connectivity index (χ0v) is 9.04. The number of ether oxygens (including phenoxy) is 2. The molecule has 0 saturated carbocycles. The Morgan fingerprint density at radius 2 is 1.60 bits per heavy atom. The van der Waals surface area contributed by atoms with Crippen LogP contribution in [-0.2, 0) is 10.1 Å². The van der Waals surface area contributed by atoms with Crippen molar-refractivity contribution in [1.29, 1.82) is 0 Å². The summed E-state index contributed by atoms with van der Waals surface area (Å²) in [6.07, 6.45) is 0. The second-order valence-electron chi connectivity index (χ2n) is 2.72. The molecule has 6 nitrogen and oxygen atoms in total. The molecule has 0 aliphatic carbocycles. The summed E-state index contributed by atoms with van der Waals surface area (Å²) in [5, 5.41) is 0. The van der Waals surface area contributed by atoms with Crippen LogP contribution in [0.5, 0.6) is 11.5 Å². The lowest BCUT2D eigenvalue weighted by atomic mass is 10.3. The molecule has 0 aliphatic rings. The predicted octanol–water partition coefficient (Wildman–Crippen LogP) is 0.533. The van der Waals surface area contributed by atoms with Crippen molar-refractivity contribution in [2.45, 2.75) is 4.90 Å². The highest BCUT2D eigenvalue weighted by atomic mass is 32.2. The normalized spacial score (nSPS) is 11.1. The van der Waals surface area contributed by atoms with Gasteiger partial charge in [0.1, 0.15) is 22.1 Å². The third-order valence-electron chi connectivity index (χ3n) is 1.82. The lowest BCUT2D eigenvalue weighted by molar-refractivity contribution is 0.395. The van der Waals surface area contributed by atoms with E-state index in [2.05, 4.69) is 0 Å². The van der Waals surface area contributed by atoms with Gasteiger partial charge in [-0.25, -0.2) is 0 Å². The maximum absolute atomic E-state index is 10.9. The van der Waals surface area contributed by atoms with Crippen molar-refractivity contribution >= 4 is 15.8 Å². The summed E-state index contributed by atoms with van der Waals surface area (Å²) in [4.78, 5) is -0.328. The molecule has 0 spiro atoms. The van der Waals surface area contributed by atoms with Gasteiger partial charge in [0.25, 0.3) is 10.1 Å². The first-order valence-corrected chi connectivity index (χ1v) is 5.33. The largest absolute Gasteiger partial charge is 0.494 e. The van der Waals surface area contributed by atoms with Crippen LogP contribution in [0.1, 0.15) is 0 Å². The van der Waals surface area contributed by atoms with Crippen LogP contribution in [0, 0.1) is 0 Å². The van der Waals surface area contributed by atoms with Gasteiger partial charge in [-0.15, -0.1) is 0 Å². The topological polar surface area (TPSA) is 98.9 Å². The molecule has 1 aromatic carbocycles. The average molecular weight is 233 g/mol. The molecule has 15 heavy (non-hydrogen) atoms. The summed E-state index contributed by atoms with van der Waals surface area (Å²) in [5.41, 5.74) is 5.76. The van der Waals surface area contributed by atoms with Crippen molar-refractivity contribution in [3.8, 4) is 11.5 Å². The summed E-state index contributed by atoms with van der Waals surface area (Å²) in [6, 6.07) is 2.24. The lowest BCUT2D eigenvalue weighted by Crippen LogP contribution is -2.03. The van der Waals surface area contributed by atoms with Gasteiger partial charge in [-0.1, -0.05) is 0 Å². The molecule has 0 atom stereocenters. The number of hydrogen-bond donors (Lipinski definition) is 2. The zero-order valence-electron chi connectivity index (χ0n) is 8.22. The van der Waals surface area contributed by atoms with Crippen molar-refractivity contribution < 1.29 is 22.4 Å². The van der Waals surface area contributed by atoms with Gasteiger partial charge in [0.05, 0.1) is 14.2 Å². The Morgan fingerprint density at radius 1 is 1.20 bits per heavy atom. The number of hydrogen-bond acceptors (Lipinski definition) is 5. The van der Waals surface area contributed by atoms with E-state index in [0.717, 1.165) is 12.1 Å². The van der Waals surface area contributed by atoms with Gasteiger partial charge in [0.2, 0.25) is 0 Å². The zero-order chi connectivity index (χ0) is 11.6. The second-order valence-corrected chi connectivity index (χ2v) is 4.14. The monoisotopic (exact) mass is 233 g/mol. The number of nitrogen functional groups attached to an aromatic ring is 1. The van der Waals surface area contributed by atoms with Crippen LogP contribution in [0.4, 0.5) is 5.69 Å². The summed E-state index contributed by atoms with van der Waals surface area (Å²) in [6.45, 7) is 0. The summed E-state index contributed by atoms with van der Waals surface area (Å²) >= 11 is 0. The van der Waals surface area contributed by atoms with Crippen LogP contribution < -0.4 is 15.2 Å². The third-order valence-corrected chi connectivity index (χ3v) is 2.65. The molecule has 0 bridgehead atoms. The van der Waals surface area contributed by atoms with Crippen molar-refractivity contribution in [3.05, 3.63) is 12.1 Å². The molecule has 0 aliphatic heterocycles. The Bertz CT molecular complexity index is 443. The molecule has 84 valence electrons. The minimum absolute atomic E-state index is 0.127. The van der Waals surface area contributed by atoms with Crippen LogP contribution in [0.2, 0.25) is 0 Å². The van der Waals surface area contributed by atoms with Crippen LogP contribution >= 0.6 is 0 Å². The molecule has 0 aromatic heterocycles. The number of nitrogens with two attached hydrogens (primary N) is 1. The molecule has 0 saturated heterocycles. The second kappa shape index (κ2) is 3.95. The van der Waals surface area contributed by atoms with E-state index in [1.54, 1.807) is 0 Å². The Kier molecular flexibility index (Phi) is 3.06. The van der Waals surface area contributed by atoms with Crippen LogP contribution in [0.15, 0.2) is 17.0 Å². The van der Waals surface area contributed by atoms with Crippen molar-refractivity contribution in [1.82, 2.24) is 0 Å². The fourth-order valence-electron chi connectivity index (χ4n) is 1.06. The van der Waals surface area contributed by atoms with Crippen molar-refractivity contribution in [2.24, 2.45) is 0 Å². The van der Waals surface area contributed by atoms with Crippen LogP contribution in [0.3, 0.4) is 0 Å². The van der Waals surface area contributed by atoms with Gasteiger partial charge in [0.15, 0.2) is 0 Å². The molecule has 1 rings (SSSR count). The molecule has 0 radical (unpaired) electrons. The van der Waals surface area contributed by atoms with E-state index >= 15 is 0 Å². The first-order valence-electron chi connectivity index (χ1n) is 3.89. The fourth-order valence-corrected chi connectivity index (χ4v) is 1.58. The molecule has 3 N–H and O–H groups in total. The molecule has 1 aromatic rings. The van der Waals surface area contributed by atoms with Gasteiger partial charge in [0, 0.05) is 12.1 Å². The quantitative estimate of drug-likeness (QED) is 0.583. The van der Waals surface area contributed by atoms with Gasteiger partial charge >= 0.3 is 0 Å². The van der Waals surface area contributed by atoms with E-state index in [-0.39, 0.29) is 22.1 Å². The molecular formula is C8H11NO5S. The van der Waals surface area contributed by atoms with Gasteiger partial charge < -0.3 is 15.2 Å². The Hall–Kier alpha value is -1.47. The molecule has 0 heterocycles. The smallest absolute Gasteiger partial charge is 0.294 e. The van der Waals surface area contributed by atoms with E-state index < -0.39 is 10.1 Å². The molecule has 0 fully saturated rings. The van der Waals surface area contributed by atoms with E-state index in [1.807, 2.05) is 0 Å². The highest BCUT2D eigenvalue weighted by Crippen LogP contribution is 2.34. The predicted molar refractivity (Wildman–Crippen MR) is 53.8 cm³/mol. The number of benzene rings is 1. The fraction of sp³-hybridized carbons (Fsp3) is 0.250. The van der Waals surface area contributed by atoms with Gasteiger partial charge in [-0.05, 0) is 0 Å². The first kappa shape index (κ1) is 11.6. The SMILES string of the molecule is COc1cc(S(=O)(=O)O)cc(OC)c1N. The number of methoxy groups -OCH3 is 2. The maximum Gasteiger partial charge on any atom is 0.294 e. The standard InChI is InChI=1S/C8H11NO5S/c1-13-6-3-5(15(10,11)12)4-7(14-2)8(6)9/h3-4H,9H2,1-2H3,(H,10,11,12). The highest BCUT2D eigenvalue weighted by Gasteiger charge is 2.16. The molecular weight excluding hydrogens is 222 g/mol. The van der Waals surface area contributed by atoms with Crippen LogP contribution in [0.25, 0.3) is 0 Å². The number of rotatable bonds is 3. The first-order chi connectivity index (χ1) is 6.90. The van der Waals surface area contributed by atoms with Gasteiger partial charge in [-0.3, -0.25) is 4.55 Å². The van der Waals surface area contributed by atoms with E-state index in [9.17, 15) is 8.42 Å². The summed E-state index contributed by atoms with van der Waals surface area (Å²) in [7, 11) is -1.64. The van der Waals surface area contributed by atoms with Crippen molar-refractivity contribution in [3.63, 3.8) is 0 Å². The van der Waals surface area contributed by atoms with E-state index in [0.29, 0.717) is 0 Å². The molecule has 0 amide bonds. The molecule has 0 unspecified atom stereocenters. The summed E-state index contributed by atoms with van der Waals surface area (Å²) in [5.74, 6) is 0.254.